The molecule has 10 heteroatoms. The van der Waals surface area contributed by atoms with Crippen LogP contribution >= 0.6 is 0 Å². The Hall–Kier alpha value is -3.17. The van der Waals surface area contributed by atoms with Crippen LogP contribution in [0.5, 0.6) is 0 Å². The van der Waals surface area contributed by atoms with Crippen molar-refractivity contribution in [1.82, 2.24) is 29.9 Å². The van der Waals surface area contributed by atoms with Crippen molar-refractivity contribution in [3.8, 4) is 0 Å². The fourth-order valence-electron chi connectivity index (χ4n) is 2.65. The van der Waals surface area contributed by atoms with Crippen molar-refractivity contribution < 1.29 is 13.2 Å². The predicted octanol–water partition coefficient (Wildman–Crippen LogP) is 2.88. The van der Waals surface area contributed by atoms with Crippen LogP contribution in [0.3, 0.4) is 0 Å². The molecule has 0 amide bonds. The molecule has 0 radical (unpaired) electrons. The Kier molecular flexibility index (Phi) is 3.34. The highest BCUT2D eigenvalue weighted by Gasteiger charge is 2.30. The van der Waals surface area contributed by atoms with E-state index in [1.54, 1.807) is 7.05 Å². The van der Waals surface area contributed by atoms with Crippen LogP contribution in [-0.4, -0.2) is 37.0 Å². The molecule has 0 aliphatic carbocycles. The maximum atomic E-state index is 12.8. The fourth-order valence-corrected chi connectivity index (χ4v) is 2.65. The Balaban J connectivity index is 1.65. The number of nitrogens with zero attached hydrogens (tertiary/aromatic N) is 5. The van der Waals surface area contributed by atoms with E-state index in [4.69, 9.17) is 0 Å². The van der Waals surface area contributed by atoms with Crippen LogP contribution in [0.2, 0.25) is 0 Å². The Morgan fingerprint density at radius 3 is 2.80 bits per heavy atom. The van der Waals surface area contributed by atoms with Crippen LogP contribution in [0, 0.1) is 0 Å². The highest BCUT2D eigenvalue weighted by atomic mass is 19.4. The molecule has 3 aromatic heterocycles. The van der Waals surface area contributed by atoms with E-state index in [9.17, 15) is 13.2 Å². The molecule has 0 spiro atoms. The third kappa shape index (κ3) is 2.75. The summed E-state index contributed by atoms with van der Waals surface area (Å²) in [7, 11) is 1.80. The Morgan fingerprint density at radius 1 is 1.16 bits per heavy atom. The average molecular weight is 347 g/mol. The number of benzene rings is 1. The van der Waals surface area contributed by atoms with E-state index in [1.165, 1.54) is 18.7 Å². The third-order valence-electron chi connectivity index (χ3n) is 3.81. The van der Waals surface area contributed by atoms with E-state index in [0.717, 1.165) is 12.1 Å². The van der Waals surface area contributed by atoms with Gasteiger partial charge in [0.25, 0.3) is 0 Å². The first kappa shape index (κ1) is 15.4. The van der Waals surface area contributed by atoms with Crippen LogP contribution in [0.15, 0.2) is 30.9 Å². The number of aromatic nitrogens is 6. The van der Waals surface area contributed by atoms with Crippen molar-refractivity contribution in [2.45, 2.75) is 12.7 Å². The van der Waals surface area contributed by atoms with Gasteiger partial charge in [0, 0.05) is 7.05 Å². The zero-order valence-electron chi connectivity index (χ0n) is 13.0. The number of hydrogen-bond acceptors (Lipinski definition) is 5. The molecule has 1 aromatic carbocycles. The molecule has 4 rings (SSSR count). The van der Waals surface area contributed by atoms with Gasteiger partial charge in [0.15, 0.2) is 11.5 Å². The minimum atomic E-state index is -4.39. The van der Waals surface area contributed by atoms with Crippen LogP contribution in [0.1, 0.15) is 11.4 Å². The van der Waals surface area contributed by atoms with Gasteiger partial charge in [0.2, 0.25) is 0 Å². The lowest BCUT2D eigenvalue weighted by molar-refractivity contribution is -0.137. The number of aromatic amines is 2. The second-order valence-electron chi connectivity index (χ2n) is 5.57. The summed E-state index contributed by atoms with van der Waals surface area (Å²) in [6.45, 7) is 0.334. The largest absolute Gasteiger partial charge is 0.416 e. The minimum Gasteiger partial charge on any atom is -0.350 e. The zero-order valence-corrected chi connectivity index (χ0v) is 13.0. The number of H-pyrrole nitrogens is 2. The number of anilines is 1. The summed E-state index contributed by atoms with van der Waals surface area (Å²) in [5.41, 5.74) is 1.33. The van der Waals surface area contributed by atoms with E-state index >= 15 is 0 Å². The predicted molar refractivity (Wildman–Crippen MR) is 84.9 cm³/mol. The standard InChI is InChI=1S/C15H12F3N7/c1-25(14-12-13(20-6-19-12)21-7-22-14)5-11-23-9-3-2-8(15(16,17)18)4-10(9)24-11/h2-4,6-7H,5H2,1H3,(H,23,24)(H,19,20,21,22). The molecule has 0 bridgehead atoms. The van der Waals surface area contributed by atoms with E-state index in [0.29, 0.717) is 40.4 Å². The normalized spacial score (nSPS) is 12.2. The van der Waals surface area contributed by atoms with Gasteiger partial charge in [-0.15, -0.1) is 0 Å². The molecule has 4 aromatic rings. The number of halogens is 3. The molecule has 128 valence electrons. The summed E-state index contributed by atoms with van der Waals surface area (Å²) in [6, 6.07) is 3.44. The van der Waals surface area contributed by atoms with Gasteiger partial charge in [-0.05, 0) is 18.2 Å². The first-order chi connectivity index (χ1) is 11.9. The lowest BCUT2D eigenvalue weighted by Crippen LogP contribution is -2.19. The molecule has 7 nitrogen and oxygen atoms in total. The molecule has 0 saturated heterocycles. The van der Waals surface area contributed by atoms with E-state index in [1.807, 2.05) is 4.90 Å². The molecule has 0 aliphatic rings. The molecule has 0 fully saturated rings. The van der Waals surface area contributed by atoms with Crippen molar-refractivity contribution in [1.29, 1.82) is 0 Å². The van der Waals surface area contributed by atoms with Gasteiger partial charge in [0.1, 0.15) is 17.7 Å². The summed E-state index contributed by atoms with van der Waals surface area (Å²) >= 11 is 0. The fraction of sp³-hybridized carbons (Fsp3) is 0.200. The van der Waals surface area contributed by atoms with Crippen LogP contribution in [0.25, 0.3) is 22.2 Å². The molecule has 3 heterocycles. The third-order valence-corrected chi connectivity index (χ3v) is 3.81. The van der Waals surface area contributed by atoms with Crippen LogP contribution in [0.4, 0.5) is 19.0 Å². The van der Waals surface area contributed by atoms with Crippen LogP contribution in [-0.2, 0) is 12.7 Å². The molecule has 0 atom stereocenters. The van der Waals surface area contributed by atoms with Crippen molar-refractivity contribution in [2.75, 3.05) is 11.9 Å². The molecular formula is C15H12F3N7. The van der Waals surface area contributed by atoms with Gasteiger partial charge in [-0.25, -0.2) is 19.9 Å². The summed E-state index contributed by atoms with van der Waals surface area (Å²) < 4.78 is 38.4. The molecule has 25 heavy (non-hydrogen) atoms. The first-order valence-electron chi connectivity index (χ1n) is 7.33. The lowest BCUT2D eigenvalue weighted by Gasteiger charge is -2.16. The topological polar surface area (TPSA) is 86.4 Å². The molecule has 0 saturated carbocycles. The quantitative estimate of drug-likeness (QED) is 0.595. The average Bonchev–Trinajstić information content (AvgIpc) is 3.18. The van der Waals surface area contributed by atoms with Crippen molar-refractivity contribution in [2.24, 2.45) is 0 Å². The van der Waals surface area contributed by atoms with Gasteiger partial charge < -0.3 is 14.9 Å². The Morgan fingerprint density at radius 2 is 2.00 bits per heavy atom. The van der Waals surface area contributed by atoms with Crippen molar-refractivity contribution >= 4 is 28.0 Å². The smallest absolute Gasteiger partial charge is 0.350 e. The van der Waals surface area contributed by atoms with Crippen molar-refractivity contribution in [3.63, 3.8) is 0 Å². The molecular weight excluding hydrogens is 335 g/mol. The Labute approximate surface area is 139 Å². The molecule has 2 N–H and O–H groups in total. The van der Waals surface area contributed by atoms with Gasteiger partial charge in [-0.3, -0.25) is 0 Å². The summed E-state index contributed by atoms with van der Waals surface area (Å²) in [6.07, 6.45) is -1.46. The second kappa shape index (κ2) is 5.43. The van der Waals surface area contributed by atoms with E-state index < -0.39 is 11.7 Å². The highest BCUT2D eigenvalue weighted by Crippen LogP contribution is 2.31. The van der Waals surface area contributed by atoms with Gasteiger partial charge in [-0.2, -0.15) is 13.2 Å². The first-order valence-corrected chi connectivity index (χ1v) is 7.33. The number of nitrogens with one attached hydrogen (secondary N) is 2. The SMILES string of the molecule is CN(Cc1nc2ccc(C(F)(F)F)cc2[nH]1)c1ncnc2nc[nH]c12. The maximum absolute atomic E-state index is 12.8. The number of fused-ring (bicyclic) bond motifs is 2. The van der Waals surface area contributed by atoms with E-state index in [-0.39, 0.29) is 0 Å². The maximum Gasteiger partial charge on any atom is 0.416 e. The van der Waals surface area contributed by atoms with E-state index in [2.05, 4.69) is 29.9 Å². The number of alkyl halides is 3. The number of rotatable bonds is 3. The van der Waals surface area contributed by atoms with Crippen molar-refractivity contribution in [3.05, 3.63) is 42.2 Å². The molecule has 0 aliphatic heterocycles. The van der Waals surface area contributed by atoms with Gasteiger partial charge >= 0.3 is 6.18 Å². The van der Waals surface area contributed by atoms with Gasteiger partial charge in [0.05, 0.1) is 29.5 Å². The number of imidazole rings is 2. The monoisotopic (exact) mass is 347 g/mol. The lowest BCUT2D eigenvalue weighted by atomic mass is 10.2. The summed E-state index contributed by atoms with van der Waals surface area (Å²) in [5.74, 6) is 1.15. The number of hydrogen-bond donors (Lipinski definition) is 2. The molecule has 0 unspecified atom stereocenters. The minimum absolute atomic E-state index is 0.334. The second-order valence-corrected chi connectivity index (χ2v) is 5.57. The van der Waals surface area contributed by atoms with Crippen LogP contribution < -0.4 is 4.90 Å². The summed E-state index contributed by atoms with van der Waals surface area (Å²) in [5, 5.41) is 0. The summed E-state index contributed by atoms with van der Waals surface area (Å²) in [4.78, 5) is 24.4. The van der Waals surface area contributed by atoms with Gasteiger partial charge in [-0.1, -0.05) is 0 Å². The Bertz CT molecular complexity index is 1050. The zero-order chi connectivity index (χ0) is 17.6. The highest BCUT2D eigenvalue weighted by molar-refractivity contribution is 5.82.